The summed E-state index contributed by atoms with van der Waals surface area (Å²) in [6, 6.07) is 2.02. The quantitative estimate of drug-likeness (QED) is 0.535. The molecule has 16 heteroatoms. The second kappa shape index (κ2) is 9.41. The molecule has 2 aromatic rings. The third-order valence-electron chi connectivity index (χ3n) is 3.27. The van der Waals surface area contributed by atoms with Gasteiger partial charge in [-0.1, -0.05) is 0 Å². The van der Waals surface area contributed by atoms with E-state index in [2.05, 4.69) is 15.0 Å². The number of carbonyl (C=O) groups is 2. The number of nitrogens with zero attached hydrogens (tertiary/aromatic N) is 3. The number of rotatable bonds is 7. The molecule has 0 saturated heterocycles. The van der Waals surface area contributed by atoms with Crippen molar-refractivity contribution < 1.29 is 40.7 Å². The number of carbonyl (C=O) groups excluding carboxylic acids is 2. The topological polar surface area (TPSA) is 162 Å². The summed E-state index contributed by atoms with van der Waals surface area (Å²) in [5, 5.41) is 2.58. The van der Waals surface area contributed by atoms with Gasteiger partial charge in [0.25, 0.3) is 15.9 Å². The van der Waals surface area contributed by atoms with Crippen molar-refractivity contribution in [1.82, 2.24) is 25.0 Å². The first-order chi connectivity index (χ1) is 14.4. The van der Waals surface area contributed by atoms with Crippen LogP contribution in [0.4, 0.5) is 23.9 Å². The Morgan fingerprint density at radius 2 is 1.74 bits per heavy atom. The Hall–Kier alpha value is -3.69. The van der Waals surface area contributed by atoms with Crippen LogP contribution in [-0.2, 0) is 10.0 Å². The van der Waals surface area contributed by atoms with Crippen LogP contribution in [0.1, 0.15) is 10.4 Å². The van der Waals surface area contributed by atoms with E-state index in [1.807, 2.05) is 5.32 Å². The largest absolute Gasteiger partial charge is 0.481 e. The van der Waals surface area contributed by atoms with Crippen molar-refractivity contribution in [2.75, 3.05) is 26.1 Å². The molecule has 0 bridgehead atoms. The van der Waals surface area contributed by atoms with Gasteiger partial charge in [-0.3, -0.25) is 10.1 Å². The number of pyridine rings is 1. The maximum atomic E-state index is 12.5. The number of hydrogen-bond donors (Lipinski definition) is 3. The number of sulfonamides is 1. The number of alkyl halides is 3. The predicted molar refractivity (Wildman–Crippen MR) is 97.1 cm³/mol. The Morgan fingerprint density at radius 3 is 2.29 bits per heavy atom. The summed E-state index contributed by atoms with van der Waals surface area (Å²) in [6.07, 6.45) is -3.74. The zero-order valence-electron chi connectivity index (χ0n) is 15.8. The summed E-state index contributed by atoms with van der Waals surface area (Å²) in [5.41, 5.74) is -0.702. The van der Waals surface area contributed by atoms with E-state index in [9.17, 15) is 31.2 Å². The third-order valence-corrected chi connectivity index (χ3v) is 4.56. The Balaban J connectivity index is 2.21. The molecule has 0 aliphatic heterocycles. The SMILES string of the molecule is COc1cc(OC)nc(NC(=O)NS(=O)(=O)c2ncccc2C(=O)NCC(F)(F)F)n1. The summed E-state index contributed by atoms with van der Waals surface area (Å²) < 4.78 is 73.2. The molecule has 168 valence electrons. The number of anilines is 1. The maximum absolute atomic E-state index is 12.5. The van der Waals surface area contributed by atoms with E-state index < -0.39 is 45.3 Å². The van der Waals surface area contributed by atoms with Gasteiger partial charge in [0, 0.05) is 6.20 Å². The van der Waals surface area contributed by atoms with Crippen molar-refractivity contribution in [2.24, 2.45) is 0 Å². The van der Waals surface area contributed by atoms with Crippen LogP contribution < -0.4 is 24.8 Å². The molecule has 0 fully saturated rings. The van der Waals surface area contributed by atoms with E-state index in [4.69, 9.17) is 9.47 Å². The Bertz CT molecular complexity index is 1060. The second-order valence-electron chi connectivity index (χ2n) is 5.49. The molecular formula is C15H15F3N6O6S. The number of methoxy groups -OCH3 is 2. The fraction of sp³-hybridized carbons (Fsp3) is 0.267. The first-order valence-corrected chi connectivity index (χ1v) is 9.54. The monoisotopic (exact) mass is 464 g/mol. The Morgan fingerprint density at radius 1 is 1.13 bits per heavy atom. The number of ether oxygens (including phenoxy) is 2. The lowest BCUT2D eigenvalue weighted by atomic mass is 10.2. The second-order valence-corrected chi connectivity index (χ2v) is 7.09. The van der Waals surface area contributed by atoms with E-state index in [1.165, 1.54) is 25.6 Å². The van der Waals surface area contributed by atoms with Gasteiger partial charge >= 0.3 is 12.2 Å². The van der Waals surface area contributed by atoms with Crippen molar-refractivity contribution in [3.8, 4) is 11.8 Å². The van der Waals surface area contributed by atoms with Crippen molar-refractivity contribution in [1.29, 1.82) is 0 Å². The zero-order chi connectivity index (χ0) is 23.2. The van der Waals surface area contributed by atoms with Crippen LogP contribution in [0.5, 0.6) is 11.8 Å². The fourth-order valence-corrected chi connectivity index (χ4v) is 3.06. The van der Waals surface area contributed by atoms with Gasteiger partial charge in [0.15, 0.2) is 5.03 Å². The average molecular weight is 464 g/mol. The van der Waals surface area contributed by atoms with Crippen LogP contribution in [0.3, 0.4) is 0 Å². The normalized spacial score (nSPS) is 11.4. The molecule has 0 unspecified atom stereocenters. The molecule has 0 aliphatic carbocycles. The van der Waals surface area contributed by atoms with Gasteiger partial charge in [-0.15, -0.1) is 0 Å². The molecule has 0 aliphatic rings. The number of amides is 3. The summed E-state index contributed by atoms with van der Waals surface area (Å²) in [6.45, 7) is -1.69. The number of urea groups is 1. The lowest BCUT2D eigenvalue weighted by Gasteiger charge is -2.12. The highest BCUT2D eigenvalue weighted by Crippen LogP contribution is 2.18. The molecule has 0 radical (unpaired) electrons. The molecule has 2 rings (SSSR count). The Labute approximate surface area is 173 Å². The van der Waals surface area contributed by atoms with Gasteiger partial charge in [0.1, 0.15) is 6.54 Å². The van der Waals surface area contributed by atoms with Crippen LogP contribution in [0.15, 0.2) is 29.4 Å². The predicted octanol–water partition coefficient (Wildman–Crippen LogP) is 0.691. The van der Waals surface area contributed by atoms with Crippen LogP contribution in [0.25, 0.3) is 0 Å². The molecular weight excluding hydrogens is 449 g/mol. The standard InChI is InChI=1S/C15H15F3N6O6S/c1-29-9-6-10(30-2)22-13(21-9)23-14(26)24-31(27,28)12-8(4-3-5-19-12)11(25)20-7-15(16,17)18/h3-6H,7H2,1-2H3,(H,20,25)(H2,21,22,23,24,26). The molecule has 3 amide bonds. The van der Waals surface area contributed by atoms with Crippen LogP contribution >= 0.6 is 0 Å². The third kappa shape index (κ3) is 6.66. The van der Waals surface area contributed by atoms with Crippen LogP contribution in [0, 0.1) is 0 Å². The highest BCUT2D eigenvalue weighted by atomic mass is 32.2. The minimum Gasteiger partial charge on any atom is -0.481 e. The summed E-state index contributed by atoms with van der Waals surface area (Å²) in [5.74, 6) is -1.74. The molecule has 2 aromatic heterocycles. The van der Waals surface area contributed by atoms with E-state index in [0.29, 0.717) is 0 Å². The van der Waals surface area contributed by atoms with Gasteiger partial charge in [-0.2, -0.15) is 31.6 Å². The van der Waals surface area contributed by atoms with E-state index in [0.717, 1.165) is 18.3 Å². The summed E-state index contributed by atoms with van der Waals surface area (Å²) in [7, 11) is -2.21. The first-order valence-electron chi connectivity index (χ1n) is 8.06. The van der Waals surface area contributed by atoms with Crippen molar-refractivity contribution >= 4 is 27.9 Å². The summed E-state index contributed by atoms with van der Waals surface area (Å²) in [4.78, 5) is 35.1. The fourth-order valence-electron chi connectivity index (χ4n) is 2.02. The first kappa shape index (κ1) is 23.6. The average Bonchev–Trinajstić information content (AvgIpc) is 2.70. The minimum atomic E-state index is -4.77. The highest BCUT2D eigenvalue weighted by molar-refractivity contribution is 7.90. The molecule has 2 heterocycles. The molecule has 12 nitrogen and oxygen atoms in total. The van der Waals surface area contributed by atoms with Crippen molar-refractivity contribution in [3.05, 3.63) is 30.0 Å². The van der Waals surface area contributed by atoms with Gasteiger partial charge in [0.2, 0.25) is 17.7 Å². The number of aromatic nitrogens is 3. The van der Waals surface area contributed by atoms with Crippen LogP contribution in [-0.4, -0.2) is 62.2 Å². The molecule has 0 saturated carbocycles. The van der Waals surface area contributed by atoms with Gasteiger partial charge in [-0.25, -0.2) is 14.5 Å². The molecule has 31 heavy (non-hydrogen) atoms. The highest BCUT2D eigenvalue weighted by Gasteiger charge is 2.30. The van der Waals surface area contributed by atoms with E-state index in [-0.39, 0.29) is 17.7 Å². The molecule has 0 spiro atoms. The minimum absolute atomic E-state index is 0.00152. The maximum Gasteiger partial charge on any atom is 0.405 e. The molecule has 0 aromatic carbocycles. The molecule has 3 N–H and O–H groups in total. The van der Waals surface area contributed by atoms with Crippen molar-refractivity contribution in [3.63, 3.8) is 0 Å². The van der Waals surface area contributed by atoms with E-state index >= 15 is 0 Å². The number of nitrogens with one attached hydrogen (secondary N) is 3. The molecule has 0 atom stereocenters. The zero-order valence-corrected chi connectivity index (χ0v) is 16.7. The number of hydrogen-bond acceptors (Lipinski definition) is 9. The van der Waals surface area contributed by atoms with Gasteiger partial charge in [-0.05, 0) is 12.1 Å². The van der Waals surface area contributed by atoms with Crippen molar-refractivity contribution in [2.45, 2.75) is 11.2 Å². The summed E-state index contributed by atoms with van der Waals surface area (Å²) >= 11 is 0. The van der Waals surface area contributed by atoms with Crippen LogP contribution in [0.2, 0.25) is 0 Å². The smallest absolute Gasteiger partial charge is 0.405 e. The van der Waals surface area contributed by atoms with Gasteiger partial charge in [0.05, 0.1) is 25.8 Å². The lowest BCUT2D eigenvalue weighted by molar-refractivity contribution is -0.123. The lowest BCUT2D eigenvalue weighted by Crippen LogP contribution is -2.38. The Kier molecular flexibility index (Phi) is 7.16. The number of halogens is 3. The van der Waals surface area contributed by atoms with Gasteiger partial charge < -0.3 is 14.8 Å². The van der Waals surface area contributed by atoms with E-state index in [1.54, 1.807) is 4.72 Å².